The summed E-state index contributed by atoms with van der Waals surface area (Å²) in [5.41, 5.74) is 1.62. The maximum absolute atomic E-state index is 8.77. The van der Waals surface area contributed by atoms with Crippen LogP contribution < -0.4 is 5.32 Å². The molecule has 0 amide bonds. The SMILES string of the molecule is CCCCCCC(C)NCc1ccnc(C#N)c1. The second-order valence-electron chi connectivity index (χ2n) is 4.79. The molecule has 1 heterocycles. The van der Waals surface area contributed by atoms with Crippen LogP contribution in [0.1, 0.15) is 57.2 Å². The van der Waals surface area contributed by atoms with Gasteiger partial charge in [-0.15, -0.1) is 0 Å². The maximum atomic E-state index is 8.77. The van der Waals surface area contributed by atoms with Crippen molar-refractivity contribution in [2.24, 2.45) is 0 Å². The van der Waals surface area contributed by atoms with E-state index in [1.807, 2.05) is 12.1 Å². The lowest BCUT2D eigenvalue weighted by Gasteiger charge is -2.13. The largest absolute Gasteiger partial charge is 0.310 e. The van der Waals surface area contributed by atoms with Gasteiger partial charge in [-0.3, -0.25) is 0 Å². The van der Waals surface area contributed by atoms with Gasteiger partial charge in [0.2, 0.25) is 0 Å². The van der Waals surface area contributed by atoms with E-state index >= 15 is 0 Å². The fourth-order valence-corrected chi connectivity index (χ4v) is 1.92. The molecule has 18 heavy (non-hydrogen) atoms. The fourth-order valence-electron chi connectivity index (χ4n) is 1.92. The molecule has 0 aliphatic carbocycles. The summed E-state index contributed by atoms with van der Waals surface area (Å²) in [6.45, 7) is 5.27. The molecule has 0 spiro atoms. The van der Waals surface area contributed by atoms with Crippen molar-refractivity contribution in [1.29, 1.82) is 5.26 Å². The summed E-state index contributed by atoms with van der Waals surface area (Å²) in [6, 6.07) is 6.39. The third kappa shape index (κ3) is 5.79. The van der Waals surface area contributed by atoms with Crippen LogP contribution in [0.4, 0.5) is 0 Å². The lowest BCUT2D eigenvalue weighted by Crippen LogP contribution is -2.25. The zero-order valence-electron chi connectivity index (χ0n) is 11.4. The van der Waals surface area contributed by atoms with Gasteiger partial charge < -0.3 is 5.32 Å². The van der Waals surface area contributed by atoms with Crippen molar-refractivity contribution in [3.63, 3.8) is 0 Å². The monoisotopic (exact) mass is 245 g/mol. The van der Waals surface area contributed by atoms with Gasteiger partial charge in [0.25, 0.3) is 0 Å². The Morgan fingerprint density at radius 2 is 2.22 bits per heavy atom. The van der Waals surface area contributed by atoms with Gasteiger partial charge in [-0.25, -0.2) is 4.98 Å². The van der Waals surface area contributed by atoms with Crippen molar-refractivity contribution in [1.82, 2.24) is 10.3 Å². The standard InChI is InChI=1S/C15H23N3/c1-3-4-5-6-7-13(2)18-12-14-8-9-17-15(10-14)11-16/h8-10,13,18H,3-7,12H2,1-2H3. The van der Waals surface area contributed by atoms with Crippen molar-refractivity contribution in [3.05, 3.63) is 29.6 Å². The first kappa shape index (κ1) is 14.7. The van der Waals surface area contributed by atoms with E-state index in [-0.39, 0.29) is 0 Å². The lowest BCUT2D eigenvalue weighted by molar-refractivity contribution is 0.482. The Bertz CT molecular complexity index is 382. The number of hydrogen-bond acceptors (Lipinski definition) is 3. The van der Waals surface area contributed by atoms with Crippen LogP contribution in [0.2, 0.25) is 0 Å². The molecule has 0 bridgehead atoms. The average molecular weight is 245 g/mol. The van der Waals surface area contributed by atoms with E-state index in [0.29, 0.717) is 11.7 Å². The molecular formula is C15H23N3. The molecule has 0 aliphatic heterocycles. The first-order valence-corrected chi connectivity index (χ1v) is 6.84. The highest BCUT2D eigenvalue weighted by Gasteiger charge is 2.02. The molecule has 0 radical (unpaired) electrons. The van der Waals surface area contributed by atoms with Crippen molar-refractivity contribution >= 4 is 0 Å². The molecule has 1 aromatic heterocycles. The van der Waals surface area contributed by atoms with Gasteiger partial charge in [0.15, 0.2) is 0 Å². The van der Waals surface area contributed by atoms with Gasteiger partial charge in [-0.2, -0.15) is 5.26 Å². The third-order valence-corrected chi connectivity index (χ3v) is 3.08. The van der Waals surface area contributed by atoms with Gasteiger partial charge >= 0.3 is 0 Å². The second kappa shape index (κ2) is 8.66. The first-order valence-electron chi connectivity index (χ1n) is 6.84. The van der Waals surface area contributed by atoms with E-state index in [0.717, 1.165) is 12.1 Å². The maximum Gasteiger partial charge on any atom is 0.140 e. The molecular weight excluding hydrogens is 222 g/mol. The minimum absolute atomic E-state index is 0.491. The molecule has 0 aromatic carbocycles. The van der Waals surface area contributed by atoms with E-state index in [4.69, 9.17) is 5.26 Å². The fraction of sp³-hybridized carbons (Fsp3) is 0.600. The van der Waals surface area contributed by atoms with Crippen LogP contribution in [-0.2, 0) is 6.54 Å². The van der Waals surface area contributed by atoms with Crippen LogP contribution in [0, 0.1) is 11.3 Å². The Balaban J connectivity index is 2.25. The summed E-state index contributed by atoms with van der Waals surface area (Å²) in [6.07, 6.45) is 8.16. The first-order chi connectivity index (χ1) is 8.76. The minimum atomic E-state index is 0.491. The molecule has 1 N–H and O–H groups in total. The minimum Gasteiger partial charge on any atom is -0.310 e. The van der Waals surface area contributed by atoms with E-state index in [9.17, 15) is 0 Å². The molecule has 98 valence electrons. The van der Waals surface area contributed by atoms with Gasteiger partial charge in [0.05, 0.1) is 0 Å². The number of rotatable bonds is 8. The molecule has 1 unspecified atom stereocenters. The molecule has 1 aromatic rings. The van der Waals surface area contributed by atoms with Gasteiger partial charge in [-0.1, -0.05) is 32.6 Å². The van der Waals surface area contributed by atoms with E-state index < -0.39 is 0 Å². The molecule has 0 aliphatic rings. The Labute approximate surface area is 110 Å². The Morgan fingerprint density at radius 1 is 1.39 bits per heavy atom. The summed E-state index contributed by atoms with van der Waals surface area (Å²) >= 11 is 0. The van der Waals surface area contributed by atoms with Crippen LogP contribution in [-0.4, -0.2) is 11.0 Å². The van der Waals surface area contributed by atoms with Crippen LogP contribution in [0.3, 0.4) is 0 Å². The van der Waals surface area contributed by atoms with Crippen molar-refractivity contribution in [3.8, 4) is 6.07 Å². The summed E-state index contributed by atoms with van der Waals surface area (Å²) in [5.74, 6) is 0. The van der Waals surface area contributed by atoms with Crippen LogP contribution in [0.25, 0.3) is 0 Å². The number of aromatic nitrogens is 1. The number of nitrogens with zero attached hydrogens (tertiary/aromatic N) is 2. The molecule has 1 rings (SSSR count). The number of hydrogen-bond donors (Lipinski definition) is 1. The van der Waals surface area contributed by atoms with Crippen LogP contribution in [0.5, 0.6) is 0 Å². The highest BCUT2D eigenvalue weighted by Crippen LogP contribution is 2.06. The summed E-state index contributed by atoms with van der Waals surface area (Å²) in [7, 11) is 0. The zero-order chi connectivity index (χ0) is 13.2. The summed E-state index contributed by atoms with van der Waals surface area (Å²) in [4.78, 5) is 3.97. The Hall–Kier alpha value is -1.40. The molecule has 3 nitrogen and oxygen atoms in total. The molecule has 0 fully saturated rings. The number of nitriles is 1. The molecule has 0 saturated heterocycles. The number of nitrogens with one attached hydrogen (secondary N) is 1. The van der Waals surface area contributed by atoms with E-state index in [1.54, 1.807) is 6.20 Å². The molecule has 0 saturated carbocycles. The van der Waals surface area contributed by atoms with Crippen LogP contribution in [0.15, 0.2) is 18.3 Å². The lowest BCUT2D eigenvalue weighted by atomic mass is 10.1. The van der Waals surface area contributed by atoms with E-state index in [1.165, 1.54) is 32.1 Å². The Kier molecular flexibility index (Phi) is 7.05. The van der Waals surface area contributed by atoms with Crippen molar-refractivity contribution < 1.29 is 0 Å². The number of pyridine rings is 1. The normalized spacial score (nSPS) is 12.1. The predicted octanol–water partition coefficient (Wildman–Crippen LogP) is 3.40. The van der Waals surface area contributed by atoms with E-state index in [2.05, 4.69) is 30.2 Å². The van der Waals surface area contributed by atoms with Gasteiger partial charge in [-0.05, 0) is 31.0 Å². The quantitative estimate of drug-likeness (QED) is 0.714. The van der Waals surface area contributed by atoms with Crippen molar-refractivity contribution in [2.75, 3.05) is 0 Å². The predicted molar refractivity (Wildman–Crippen MR) is 74.0 cm³/mol. The third-order valence-electron chi connectivity index (χ3n) is 3.08. The second-order valence-corrected chi connectivity index (χ2v) is 4.79. The summed E-state index contributed by atoms with van der Waals surface area (Å²) < 4.78 is 0. The van der Waals surface area contributed by atoms with Gasteiger partial charge in [0, 0.05) is 18.8 Å². The van der Waals surface area contributed by atoms with Gasteiger partial charge in [0.1, 0.15) is 11.8 Å². The number of unbranched alkanes of at least 4 members (excludes halogenated alkanes) is 3. The molecule has 3 heteroatoms. The van der Waals surface area contributed by atoms with Crippen LogP contribution >= 0.6 is 0 Å². The topological polar surface area (TPSA) is 48.7 Å². The molecule has 1 atom stereocenters. The Morgan fingerprint density at radius 3 is 2.94 bits per heavy atom. The van der Waals surface area contributed by atoms with Crippen molar-refractivity contribution in [2.45, 2.75) is 58.5 Å². The average Bonchev–Trinajstić information content (AvgIpc) is 2.41. The highest BCUT2D eigenvalue weighted by atomic mass is 14.9. The smallest absolute Gasteiger partial charge is 0.140 e. The zero-order valence-corrected chi connectivity index (χ0v) is 11.4. The summed E-state index contributed by atoms with van der Waals surface area (Å²) in [5, 5.41) is 12.3. The highest BCUT2D eigenvalue weighted by molar-refractivity contribution is 5.25.